The third-order valence-corrected chi connectivity index (χ3v) is 4.26. The molecule has 2 rings (SSSR count). The molecular weight excluding hydrogens is 250 g/mol. The largest absolute Gasteiger partial charge is 0.367 e. The van der Waals surface area contributed by atoms with Crippen LogP contribution in [0.3, 0.4) is 0 Å². The Morgan fingerprint density at radius 3 is 2.50 bits per heavy atom. The van der Waals surface area contributed by atoms with E-state index in [-0.39, 0.29) is 12.5 Å². The molecule has 3 heteroatoms. The summed E-state index contributed by atoms with van der Waals surface area (Å²) < 4.78 is 5.52. The maximum Gasteiger partial charge on any atom is 0.248 e. The Labute approximate surface area is 121 Å². The lowest BCUT2D eigenvalue weighted by Gasteiger charge is -2.33. The van der Waals surface area contributed by atoms with E-state index in [2.05, 4.69) is 6.92 Å². The molecule has 1 fully saturated rings. The molecule has 0 unspecified atom stereocenters. The zero-order valence-corrected chi connectivity index (χ0v) is 12.5. The van der Waals surface area contributed by atoms with Crippen molar-refractivity contribution in [2.75, 3.05) is 13.7 Å². The highest BCUT2D eigenvalue weighted by atomic mass is 16.5. The molecule has 0 spiro atoms. The summed E-state index contributed by atoms with van der Waals surface area (Å²) in [6.07, 6.45) is 4.71. The highest BCUT2D eigenvalue weighted by molar-refractivity contribution is 5.77. The van der Waals surface area contributed by atoms with Crippen LogP contribution in [0.5, 0.6) is 0 Å². The van der Waals surface area contributed by atoms with Crippen LogP contribution >= 0.6 is 0 Å². The zero-order chi connectivity index (χ0) is 14.4. The molecule has 1 aliphatic rings. The lowest BCUT2D eigenvalue weighted by molar-refractivity contribution is -0.138. The summed E-state index contributed by atoms with van der Waals surface area (Å²) in [6.45, 7) is 2.97. The fourth-order valence-corrected chi connectivity index (χ4v) is 2.77. The predicted molar refractivity (Wildman–Crippen MR) is 80.3 cm³/mol. The number of hydrogen-bond acceptors (Lipinski definition) is 2. The fraction of sp³-hybridized carbons (Fsp3) is 0.588. The first kappa shape index (κ1) is 15.0. The van der Waals surface area contributed by atoms with Crippen molar-refractivity contribution in [3.05, 3.63) is 35.9 Å². The maximum absolute atomic E-state index is 12.1. The highest BCUT2D eigenvalue weighted by Gasteiger charge is 2.24. The van der Waals surface area contributed by atoms with Gasteiger partial charge in [-0.25, -0.2) is 0 Å². The summed E-state index contributed by atoms with van der Waals surface area (Å²) in [5, 5.41) is 0. The molecule has 0 heterocycles. The zero-order valence-electron chi connectivity index (χ0n) is 12.5. The topological polar surface area (TPSA) is 29.5 Å². The number of nitrogens with zero attached hydrogens (tertiary/aromatic N) is 1. The molecule has 0 atom stereocenters. The summed E-state index contributed by atoms with van der Waals surface area (Å²) in [7, 11) is 1.91. The smallest absolute Gasteiger partial charge is 0.248 e. The van der Waals surface area contributed by atoms with Gasteiger partial charge in [-0.3, -0.25) is 4.79 Å². The molecule has 3 nitrogen and oxygen atoms in total. The molecule has 0 radical (unpaired) electrons. The van der Waals surface area contributed by atoms with Crippen molar-refractivity contribution in [1.29, 1.82) is 0 Å². The lowest BCUT2D eigenvalue weighted by Crippen LogP contribution is -2.41. The standard InChI is InChI=1S/C17H25NO2/c1-14-8-10-16(11-9-14)18(2)17(19)13-20-12-15-6-4-3-5-7-15/h3-7,14,16H,8-13H2,1-2H3. The van der Waals surface area contributed by atoms with Gasteiger partial charge < -0.3 is 9.64 Å². The van der Waals surface area contributed by atoms with Gasteiger partial charge in [0.1, 0.15) is 6.61 Å². The SMILES string of the molecule is CC1CCC(N(C)C(=O)COCc2ccccc2)CC1. The second kappa shape index (κ2) is 7.44. The molecule has 1 saturated carbocycles. The second-order valence-corrected chi connectivity index (χ2v) is 5.90. The Morgan fingerprint density at radius 1 is 1.20 bits per heavy atom. The summed E-state index contributed by atoms with van der Waals surface area (Å²) in [5.74, 6) is 0.907. The van der Waals surface area contributed by atoms with Crippen LogP contribution in [0.4, 0.5) is 0 Å². The van der Waals surface area contributed by atoms with Gasteiger partial charge in [0.2, 0.25) is 5.91 Å². The Bertz CT molecular complexity index is 410. The Morgan fingerprint density at radius 2 is 1.85 bits per heavy atom. The molecule has 110 valence electrons. The van der Waals surface area contributed by atoms with Crippen LogP contribution in [0.2, 0.25) is 0 Å². The third kappa shape index (κ3) is 4.34. The first-order valence-electron chi connectivity index (χ1n) is 7.54. The predicted octanol–water partition coefficient (Wildman–Crippen LogP) is 3.24. The van der Waals surface area contributed by atoms with Gasteiger partial charge in [0.15, 0.2) is 0 Å². The maximum atomic E-state index is 12.1. The molecule has 1 aromatic carbocycles. The van der Waals surface area contributed by atoms with Crippen molar-refractivity contribution in [3.8, 4) is 0 Å². The highest BCUT2D eigenvalue weighted by Crippen LogP contribution is 2.26. The van der Waals surface area contributed by atoms with E-state index in [0.29, 0.717) is 12.6 Å². The van der Waals surface area contributed by atoms with Gasteiger partial charge >= 0.3 is 0 Å². The van der Waals surface area contributed by atoms with Crippen LogP contribution in [0.1, 0.15) is 38.2 Å². The van der Waals surface area contributed by atoms with E-state index < -0.39 is 0 Å². The quantitative estimate of drug-likeness (QED) is 0.825. The Balaban J connectivity index is 1.71. The second-order valence-electron chi connectivity index (χ2n) is 5.90. The first-order valence-corrected chi connectivity index (χ1v) is 7.54. The van der Waals surface area contributed by atoms with Gasteiger partial charge in [0.05, 0.1) is 6.61 Å². The Hall–Kier alpha value is -1.35. The van der Waals surface area contributed by atoms with E-state index >= 15 is 0 Å². The van der Waals surface area contributed by atoms with Gasteiger partial charge in [0, 0.05) is 13.1 Å². The normalized spacial score (nSPS) is 22.5. The minimum atomic E-state index is 0.0977. The monoisotopic (exact) mass is 275 g/mol. The number of likely N-dealkylation sites (N-methyl/N-ethyl adjacent to an activating group) is 1. The van der Waals surface area contributed by atoms with E-state index in [0.717, 1.165) is 24.3 Å². The van der Waals surface area contributed by atoms with Crippen LogP contribution in [0.25, 0.3) is 0 Å². The van der Waals surface area contributed by atoms with E-state index in [4.69, 9.17) is 4.74 Å². The number of ether oxygens (including phenoxy) is 1. The van der Waals surface area contributed by atoms with Gasteiger partial charge in [-0.15, -0.1) is 0 Å². The Kier molecular flexibility index (Phi) is 5.60. The van der Waals surface area contributed by atoms with E-state index in [1.807, 2.05) is 42.3 Å². The molecule has 0 saturated heterocycles. The number of benzene rings is 1. The number of carbonyl (C=O) groups is 1. The van der Waals surface area contributed by atoms with Crippen molar-refractivity contribution >= 4 is 5.91 Å². The minimum Gasteiger partial charge on any atom is -0.367 e. The van der Waals surface area contributed by atoms with Crippen molar-refractivity contribution < 1.29 is 9.53 Å². The average Bonchev–Trinajstić information content (AvgIpc) is 2.48. The molecule has 1 aromatic rings. The molecule has 0 N–H and O–H groups in total. The number of amides is 1. The number of hydrogen-bond donors (Lipinski definition) is 0. The average molecular weight is 275 g/mol. The van der Waals surface area contributed by atoms with E-state index in [1.165, 1.54) is 12.8 Å². The third-order valence-electron chi connectivity index (χ3n) is 4.26. The van der Waals surface area contributed by atoms with Gasteiger partial charge in [0.25, 0.3) is 0 Å². The molecule has 0 aromatic heterocycles. The lowest BCUT2D eigenvalue weighted by atomic mass is 9.87. The molecule has 1 amide bonds. The van der Waals surface area contributed by atoms with Crippen molar-refractivity contribution in [2.45, 2.75) is 45.3 Å². The molecular formula is C17H25NO2. The van der Waals surface area contributed by atoms with Gasteiger partial charge in [-0.1, -0.05) is 37.3 Å². The van der Waals surface area contributed by atoms with Crippen molar-refractivity contribution in [1.82, 2.24) is 4.90 Å². The molecule has 0 bridgehead atoms. The van der Waals surface area contributed by atoms with Crippen LogP contribution in [-0.2, 0) is 16.1 Å². The fourth-order valence-electron chi connectivity index (χ4n) is 2.77. The molecule has 20 heavy (non-hydrogen) atoms. The van der Waals surface area contributed by atoms with Crippen LogP contribution in [0, 0.1) is 5.92 Å². The van der Waals surface area contributed by atoms with Gasteiger partial charge in [-0.2, -0.15) is 0 Å². The summed E-state index contributed by atoms with van der Waals surface area (Å²) in [4.78, 5) is 14.0. The molecule has 1 aliphatic carbocycles. The first-order chi connectivity index (χ1) is 9.66. The van der Waals surface area contributed by atoms with Crippen LogP contribution in [-0.4, -0.2) is 30.5 Å². The summed E-state index contributed by atoms with van der Waals surface area (Å²) in [5.41, 5.74) is 1.11. The van der Waals surface area contributed by atoms with Crippen molar-refractivity contribution in [2.24, 2.45) is 5.92 Å². The molecule has 0 aliphatic heterocycles. The van der Waals surface area contributed by atoms with Crippen molar-refractivity contribution in [3.63, 3.8) is 0 Å². The number of rotatable bonds is 5. The number of carbonyl (C=O) groups excluding carboxylic acids is 1. The van der Waals surface area contributed by atoms with Crippen LogP contribution in [0.15, 0.2) is 30.3 Å². The van der Waals surface area contributed by atoms with Crippen LogP contribution < -0.4 is 0 Å². The van der Waals surface area contributed by atoms with E-state index in [1.54, 1.807) is 0 Å². The van der Waals surface area contributed by atoms with Gasteiger partial charge in [-0.05, 0) is 37.2 Å². The summed E-state index contributed by atoms with van der Waals surface area (Å²) >= 11 is 0. The minimum absolute atomic E-state index is 0.0977. The summed E-state index contributed by atoms with van der Waals surface area (Å²) in [6, 6.07) is 10.4. The van der Waals surface area contributed by atoms with E-state index in [9.17, 15) is 4.79 Å².